The molecule has 0 spiro atoms. The standard InChI is InChI=1S/C12H20O2/c1-2-3-11-4-7-12(8-5-11,9-6-11)10(13)14/h2-9H2,1H3,(H,13,14). The maximum absolute atomic E-state index is 11.2. The molecule has 3 fully saturated rings. The molecule has 0 saturated heterocycles. The van der Waals surface area contributed by atoms with Gasteiger partial charge in [-0.25, -0.2) is 0 Å². The van der Waals surface area contributed by atoms with Gasteiger partial charge in [0.15, 0.2) is 0 Å². The van der Waals surface area contributed by atoms with Gasteiger partial charge in [0.1, 0.15) is 0 Å². The van der Waals surface area contributed by atoms with E-state index >= 15 is 0 Å². The lowest BCUT2D eigenvalue weighted by atomic mass is 9.52. The van der Waals surface area contributed by atoms with E-state index in [2.05, 4.69) is 6.92 Å². The fourth-order valence-electron chi connectivity index (χ4n) is 3.49. The van der Waals surface area contributed by atoms with Crippen molar-refractivity contribution in [2.45, 2.75) is 58.3 Å². The van der Waals surface area contributed by atoms with Crippen LogP contribution in [-0.4, -0.2) is 11.1 Å². The molecule has 14 heavy (non-hydrogen) atoms. The Morgan fingerprint density at radius 3 is 2.00 bits per heavy atom. The van der Waals surface area contributed by atoms with Gasteiger partial charge in [-0.2, -0.15) is 0 Å². The summed E-state index contributed by atoms with van der Waals surface area (Å²) in [6.07, 6.45) is 8.84. The highest BCUT2D eigenvalue weighted by Crippen LogP contribution is 2.58. The van der Waals surface area contributed by atoms with Crippen molar-refractivity contribution in [2.24, 2.45) is 10.8 Å². The molecule has 3 aliphatic carbocycles. The summed E-state index contributed by atoms with van der Waals surface area (Å²) in [7, 11) is 0. The van der Waals surface area contributed by atoms with Crippen LogP contribution in [0.1, 0.15) is 58.3 Å². The van der Waals surface area contributed by atoms with Crippen LogP contribution in [0, 0.1) is 10.8 Å². The van der Waals surface area contributed by atoms with E-state index in [1.54, 1.807) is 0 Å². The van der Waals surface area contributed by atoms with Gasteiger partial charge in [0.2, 0.25) is 0 Å². The largest absolute Gasteiger partial charge is 0.481 e. The normalized spacial score (nSPS) is 41.2. The Morgan fingerprint density at radius 2 is 1.64 bits per heavy atom. The van der Waals surface area contributed by atoms with Gasteiger partial charge in [-0.15, -0.1) is 0 Å². The van der Waals surface area contributed by atoms with Gasteiger partial charge in [-0.05, 0) is 50.4 Å². The van der Waals surface area contributed by atoms with Gasteiger partial charge in [-0.3, -0.25) is 4.79 Å². The molecule has 2 heteroatoms. The summed E-state index contributed by atoms with van der Waals surface area (Å²) >= 11 is 0. The van der Waals surface area contributed by atoms with Gasteiger partial charge in [0, 0.05) is 0 Å². The van der Waals surface area contributed by atoms with E-state index in [0.29, 0.717) is 5.41 Å². The summed E-state index contributed by atoms with van der Waals surface area (Å²) in [5, 5.41) is 9.23. The van der Waals surface area contributed by atoms with Crippen LogP contribution in [0.4, 0.5) is 0 Å². The van der Waals surface area contributed by atoms with E-state index in [1.165, 1.54) is 12.8 Å². The molecule has 3 aliphatic rings. The first-order valence-corrected chi connectivity index (χ1v) is 5.86. The fraction of sp³-hybridized carbons (Fsp3) is 0.917. The molecule has 0 amide bonds. The van der Waals surface area contributed by atoms with Crippen molar-refractivity contribution in [2.75, 3.05) is 0 Å². The summed E-state index contributed by atoms with van der Waals surface area (Å²) < 4.78 is 0. The maximum Gasteiger partial charge on any atom is 0.309 e. The third-order valence-electron chi connectivity index (χ3n) is 4.64. The Kier molecular flexibility index (Phi) is 2.32. The second-order valence-corrected chi connectivity index (χ2v) is 5.34. The van der Waals surface area contributed by atoms with Crippen LogP contribution in [0.15, 0.2) is 0 Å². The zero-order valence-corrected chi connectivity index (χ0v) is 9.01. The molecule has 0 aliphatic heterocycles. The molecule has 2 bridgehead atoms. The first-order chi connectivity index (χ1) is 6.63. The highest BCUT2D eigenvalue weighted by Gasteiger charge is 2.51. The smallest absolute Gasteiger partial charge is 0.309 e. The van der Waals surface area contributed by atoms with Crippen LogP contribution in [0.25, 0.3) is 0 Å². The molecule has 1 N–H and O–H groups in total. The lowest BCUT2D eigenvalue weighted by molar-refractivity contribution is -0.159. The Hall–Kier alpha value is -0.530. The molecular formula is C12H20O2. The van der Waals surface area contributed by atoms with Crippen molar-refractivity contribution >= 4 is 5.97 Å². The van der Waals surface area contributed by atoms with Crippen molar-refractivity contribution in [3.8, 4) is 0 Å². The number of rotatable bonds is 3. The molecule has 0 aromatic heterocycles. The second kappa shape index (κ2) is 3.25. The Morgan fingerprint density at radius 1 is 1.14 bits per heavy atom. The second-order valence-electron chi connectivity index (χ2n) is 5.34. The predicted octanol–water partition coefficient (Wildman–Crippen LogP) is 3.21. The summed E-state index contributed by atoms with van der Waals surface area (Å²) in [6, 6.07) is 0. The van der Waals surface area contributed by atoms with Gasteiger partial charge >= 0.3 is 5.97 Å². The lowest BCUT2D eigenvalue weighted by Crippen LogP contribution is -2.45. The van der Waals surface area contributed by atoms with Crippen LogP contribution < -0.4 is 0 Å². The van der Waals surface area contributed by atoms with Crippen molar-refractivity contribution in [1.29, 1.82) is 0 Å². The summed E-state index contributed by atoms with van der Waals surface area (Å²) in [5.74, 6) is -0.540. The average molecular weight is 196 g/mol. The van der Waals surface area contributed by atoms with E-state index in [9.17, 15) is 9.90 Å². The number of fused-ring (bicyclic) bond motifs is 3. The van der Waals surface area contributed by atoms with Crippen molar-refractivity contribution < 1.29 is 9.90 Å². The molecule has 3 rings (SSSR count). The molecule has 3 saturated carbocycles. The number of carboxylic acid groups (broad SMARTS) is 1. The van der Waals surface area contributed by atoms with E-state index in [-0.39, 0.29) is 5.41 Å². The minimum Gasteiger partial charge on any atom is -0.481 e. The number of aliphatic carboxylic acids is 1. The van der Waals surface area contributed by atoms with Crippen LogP contribution in [0.3, 0.4) is 0 Å². The van der Waals surface area contributed by atoms with Crippen LogP contribution in [0.5, 0.6) is 0 Å². The third kappa shape index (κ3) is 1.35. The zero-order chi connectivity index (χ0) is 10.2. The van der Waals surface area contributed by atoms with E-state index in [4.69, 9.17) is 0 Å². The molecule has 2 nitrogen and oxygen atoms in total. The maximum atomic E-state index is 11.2. The van der Waals surface area contributed by atoms with Gasteiger partial charge < -0.3 is 5.11 Å². The minimum atomic E-state index is -0.540. The first-order valence-electron chi connectivity index (χ1n) is 5.86. The highest BCUT2D eigenvalue weighted by atomic mass is 16.4. The molecule has 0 aromatic rings. The third-order valence-corrected chi connectivity index (χ3v) is 4.64. The quantitative estimate of drug-likeness (QED) is 0.752. The van der Waals surface area contributed by atoms with Crippen molar-refractivity contribution in [1.82, 2.24) is 0 Å². The van der Waals surface area contributed by atoms with E-state index in [0.717, 1.165) is 38.5 Å². The van der Waals surface area contributed by atoms with E-state index < -0.39 is 5.97 Å². The molecule has 0 radical (unpaired) electrons. The van der Waals surface area contributed by atoms with Gasteiger partial charge in [-0.1, -0.05) is 13.3 Å². The molecular weight excluding hydrogens is 176 g/mol. The summed E-state index contributed by atoms with van der Waals surface area (Å²) in [4.78, 5) is 11.2. The predicted molar refractivity (Wildman–Crippen MR) is 55.1 cm³/mol. The topological polar surface area (TPSA) is 37.3 Å². The molecule has 0 heterocycles. The van der Waals surface area contributed by atoms with Crippen LogP contribution >= 0.6 is 0 Å². The Balaban J connectivity index is 2.09. The van der Waals surface area contributed by atoms with Gasteiger partial charge in [0.05, 0.1) is 5.41 Å². The Labute approximate surface area is 85.7 Å². The Bertz CT molecular complexity index is 220. The lowest BCUT2D eigenvalue weighted by Gasteiger charge is -2.51. The number of hydrogen-bond acceptors (Lipinski definition) is 1. The van der Waals surface area contributed by atoms with E-state index in [1.807, 2.05) is 0 Å². The monoisotopic (exact) mass is 196 g/mol. The molecule has 0 aromatic carbocycles. The van der Waals surface area contributed by atoms with Crippen molar-refractivity contribution in [3.05, 3.63) is 0 Å². The fourth-order valence-corrected chi connectivity index (χ4v) is 3.49. The average Bonchev–Trinajstić information content (AvgIpc) is 2.20. The SMILES string of the molecule is CCCC12CCC(C(=O)O)(CC1)CC2. The number of carboxylic acids is 1. The number of hydrogen-bond donors (Lipinski definition) is 1. The summed E-state index contributed by atoms with van der Waals surface area (Å²) in [6.45, 7) is 2.24. The summed E-state index contributed by atoms with van der Waals surface area (Å²) in [5.41, 5.74) is 0.210. The number of carbonyl (C=O) groups is 1. The molecule has 0 unspecified atom stereocenters. The van der Waals surface area contributed by atoms with Crippen LogP contribution in [0.2, 0.25) is 0 Å². The van der Waals surface area contributed by atoms with Gasteiger partial charge in [0.25, 0.3) is 0 Å². The minimum absolute atomic E-state index is 0.324. The molecule has 0 atom stereocenters. The molecule has 80 valence electrons. The van der Waals surface area contributed by atoms with Crippen LogP contribution in [-0.2, 0) is 4.79 Å². The van der Waals surface area contributed by atoms with Crippen molar-refractivity contribution in [3.63, 3.8) is 0 Å². The first kappa shape index (κ1) is 10.0. The zero-order valence-electron chi connectivity index (χ0n) is 9.01. The highest BCUT2D eigenvalue weighted by molar-refractivity contribution is 5.75.